The maximum atomic E-state index is 13.7. The van der Waals surface area contributed by atoms with Gasteiger partial charge >= 0.3 is 0 Å². The topological polar surface area (TPSA) is 102 Å². The normalized spacial score (nSPS) is 25.0. The molecule has 36 heavy (non-hydrogen) atoms. The number of carbonyl (C=O) groups excluding carboxylic acids is 3. The van der Waals surface area contributed by atoms with Crippen molar-refractivity contribution in [1.29, 1.82) is 0 Å². The fraction of sp³-hybridized carbons (Fsp3) is 0.607. The predicted molar refractivity (Wildman–Crippen MR) is 143 cm³/mol. The molecule has 3 rings (SSSR count). The number of nitrogens with zero attached hydrogens (tertiary/aromatic N) is 2. The average molecular weight is 499 g/mol. The van der Waals surface area contributed by atoms with Gasteiger partial charge in [-0.05, 0) is 69.7 Å². The number of aliphatic hydroxyl groups excluding tert-OH is 1. The predicted octanol–water partition coefficient (Wildman–Crippen LogP) is 3.04. The van der Waals surface area contributed by atoms with E-state index in [1.807, 2.05) is 43.3 Å². The zero-order valence-electron chi connectivity index (χ0n) is 22.1. The Morgan fingerprint density at radius 1 is 1.00 bits per heavy atom. The van der Waals surface area contributed by atoms with Crippen LogP contribution in [0.2, 0.25) is 0 Å². The van der Waals surface area contributed by atoms with Crippen LogP contribution in [0, 0.1) is 23.7 Å². The van der Waals surface area contributed by atoms with Gasteiger partial charge in [-0.3, -0.25) is 14.4 Å². The van der Waals surface area contributed by atoms with Crippen molar-refractivity contribution < 1.29 is 19.5 Å². The highest BCUT2D eigenvalue weighted by molar-refractivity contribution is 6.02. The number of benzene rings is 1. The van der Waals surface area contributed by atoms with Crippen LogP contribution in [0.15, 0.2) is 36.4 Å². The van der Waals surface area contributed by atoms with Crippen LogP contribution in [0.4, 0.5) is 11.4 Å². The standard InChI is InChI=1S/C28H42N4O4/c1-5-19-11-16-22-24(23(19)26(34)29-4)28(36)32(17-9-8-10-18-33)25(22)27(35)30-20-12-14-21(15-13-20)31(6-2)7-3/h11-16,19,22-25,33H,5-10,17-18H2,1-4H3,(H,29,34)(H,30,35)/t19-,22+,23-,24-,25+/m1/s1. The number of aliphatic hydroxyl groups is 1. The lowest BCUT2D eigenvalue weighted by Crippen LogP contribution is -2.45. The van der Waals surface area contributed by atoms with Crippen molar-refractivity contribution in [1.82, 2.24) is 10.2 Å². The molecule has 0 radical (unpaired) electrons. The third-order valence-electron chi connectivity index (χ3n) is 7.72. The second-order valence-electron chi connectivity index (χ2n) is 9.67. The van der Waals surface area contributed by atoms with Gasteiger partial charge in [-0.15, -0.1) is 0 Å². The van der Waals surface area contributed by atoms with Gasteiger partial charge in [0, 0.05) is 50.6 Å². The third kappa shape index (κ3) is 5.75. The number of amides is 3. The first-order chi connectivity index (χ1) is 17.4. The van der Waals surface area contributed by atoms with Crippen molar-refractivity contribution in [3.8, 4) is 0 Å². The van der Waals surface area contributed by atoms with Crippen molar-refractivity contribution in [3.63, 3.8) is 0 Å². The summed E-state index contributed by atoms with van der Waals surface area (Å²) < 4.78 is 0. The molecule has 1 aliphatic heterocycles. The van der Waals surface area contributed by atoms with E-state index in [4.69, 9.17) is 5.11 Å². The van der Waals surface area contributed by atoms with Crippen molar-refractivity contribution in [2.75, 3.05) is 43.5 Å². The summed E-state index contributed by atoms with van der Waals surface area (Å²) in [7, 11) is 1.60. The molecule has 1 aliphatic carbocycles. The van der Waals surface area contributed by atoms with Crippen LogP contribution in [0.3, 0.4) is 0 Å². The Morgan fingerprint density at radius 3 is 2.28 bits per heavy atom. The van der Waals surface area contributed by atoms with Gasteiger partial charge < -0.3 is 25.5 Å². The summed E-state index contributed by atoms with van der Waals surface area (Å²) in [5, 5.41) is 14.9. The van der Waals surface area contributed by atoms with Gasteiger partial charge in [0.1, 0.15) is 6.04 Å². The Balaban J connectivity index is 1.88. The lowest BCUT2D eigenvalue weighted by Gasteiger charge is -2.33. The monoisotopic (exact) mass is 498 g/mol. The zero-order valence-corrected chi connectivity index (χ0v) is 22.1. The molecule has 1 aromatic rings. The number of likely N-dealkylation sites (tertiary alicyclic amines) is 1. The van der Waals surface area contributed by atoms with Crippen molar-refractivity contribution in [2.45, 2.75) is 52.5 Å². The summed E-state index contributed by atoms with van der Waals surface area (Å²) in [6, 6.07) is 7.09. The lowest BCUT2D eigenvalue weighted by atomic mass is 9.69. The molecule has 3 N–H and O–H groups in total. The number of fused-ring (bicyclic) bond motifs is 1. The SMILES string of the molecule is CC[C@@H]1C=C[C@H]2[C@@H](C(=O)N(CCCCCO)[C@@H]2C(=O)Nc2ccc(N(CC)CC)cc2)[C@@H]1C(=O)NC. The van der Waals surface area contributed by atoms with Gasteiger partial charge in [-0.2, -0.15) is 0 Å². The molecule has 0 aromatic heterocycles. The number of hydrogen-bond acceptors (Lipinski definition) is 5. The van der Waals surface area contributed by atoms with Crippen LogP contribution in [0.1, 0.15) is 46.5 Å². The molecular formula is C28H42N4O4. The van der Waals surface area contributed by atoms with Crippen LogP contribution < -0.4 is 15.5 Å². The maximum Gasteiger partial charge on any atom is 0.247 e. The molecule has 0 unspecified atom stereocenters. The highest BCUT2D eigenvalue weighted by Gasteiger charge is 2.56. The number of allylic oxidation sites excluding steroid dienone is 1. The quantitative estimate of drug-likeness (QED) is 0.304. The number of rotatable bonds is 12. The van der Waals surface area contributed by atoms with Crippen molar-refractivity contribution in [2.24, 2.45) is 23.7 Å². The number of hydrogen-bond donors (Lipinski definition) is 3. The Bertz CT molecular complexity index is 928. The summed E-state index contributed by atoms with van der Waals surface area (Å²) in [4.78, 5) is 44.2. The van der Waals surface area contributed by atoms with Gasteiger partial charge in [-0.25, -0.2) is 0 Å². The molecule has 2 aliphatic rings. The van der Waals surface area contributed by atoms with Crippen LogP contribution in [-0.4, -0.2) is 67.1 Å². The number of nitrogens with one attached hydrogen (secondary N) is 2. The van der Waals surface area contributed by atoms with Gasteiger partial charge in [0.25, 0.3) is 0 Å². The fourth-order valence-corrected chi connectivity index (χ4v) is 5.78. The molecule has 5 atom stereocenters. The number of carbonyl (C=O) groups is 3. The fourth-order valence-electron chi connectivity index (χ4n) is 5.78. The maximum absolute atomic E-state index is 13.7. The summed E-state index contributed by atoms with van der Waals surface area (Å²) in [5.41, 5.74) is 1.77. The van der Waals surface area contributed by atoms with Crippen molar-refractivity contribution in [3.05, 3.63) is 36.4 Å². The number of anilines is 2. The molecule has 1 heterocycles. The van der Waals surface area contributed by atoms with Gasteiger partial charge in [-0.1, -0.05) is 19.1 Å². The largest absolute Gasteiger partial charge is 0.396 e. The highest BCUT2D eigenvalue weighted by atomic mass is 16.3. The molecule has 0 saturated carbocycles. The van der Waals surface area contributed by atoms with Crippen LogP contribution >= 0.6 is 0 Å². The Hall–Kier alpha value is -2.87. The minimum absolute atomic E-state index is 0.0409. The second-order valence-corrected chi connectivity index (χ2v) is 9.67. The molecule has 1 fully saturated rings. The Labute approximate surface area is 215 Å². The van der Waals surface area contributed by atoms with Crippen LogP contribution in [-0.2, 0) is 14.4 Å². The minimum atomic E-state index is -0.680. The molecule has 3 amide bonds. The molecule has 198 valence electrons. The summed E-state index contributed by atoms with van der Waals surface area (Å²) in [6.45, 7) is 8.56. The van der Waals surface area contributed by atoms with E-state index in [0.29, 0.717) is 25.1 Å². The molecule has 1 aromatic carbocycles. The molecule has 8 heteroatoms. The smallest absolute Gasteiger partial charge is 0.247 e. The van der Waals surface area contributed by atoms with Gasteiger partial charge in [0.05, 0.1) is 11.8 Å². The number of unbranched alkanes of at least 4 members (excludes halogenated alkanes) is 2. The lowest BCUT2D eigenvalue weighted by molar-refractivity contribution is -0.140. The minimum Gasteiger partial charge on any atom is -0.396 e. The van der Waals surface area contributed by atoms with E-state index in [2.05, 4.69) is 29.4 Å². The summed E-state index contributed by atoms with van der Waals surface area (Å²) >= 11 is 0. The van der Waals surface area contributed by atoms with Crippen LogP contribution in [0.25, 0.3) is 0 Å². The summed E-state index contributed by atoms with van der Waals surface area (Å²) in [5.74, 6) is -1.97. The first-order valence-electron chi connectivity index (χ1n) is 13.4. The van der Waals surface area contributed by atoms with E-state index < -0.39 is 17.9 Å². The molecular weight excluding hydrogens is 456 g/mol. The molecule has 1 saturated heterocycles. The van der Waals surface area contributed by atoms with Crippen LogP contribution in [0.5, 0.6) is 0 Å². The van der Waals surface area contributed by atoms with E-state index >= 15 is 0 Å². The molecule has 0 spiro atoms. The molecule has 0 bridgehead atoms. The van der Waals surface area contributed by atoms with E-state index in [-0.39, 0.29) is 36.2 Å². The van der Waals surface area contributed by atoms with Gasteiger partial charge in [0.15, 0.2) is 0 Å². The molecule has 8 nitrogen and oxygen atoms in total. The first-order valence-corrected chi connectivity index (χ1v) is 13.4. The second kappa shape index (κ2) is 12.9. The van der Waals surface area contributed by atoms with Gasteiger partial charge in [0.2, 0.25) is 17.7 Å². The highest BCUT2D eigenvalue weighted by Crippen LogP contribution is 2.45. The average Bonchev–Trinajstić information content (AvgIpc) is 3.18. The van der Waals surface area contributed by atoms with E-state index in [1.165, 1.54) is 0 Å². The Kier molecular flexibility index (Phi) is 9.93. The first kappa shape index (κ1) is 27.7. The zero-order chi connectivity index (χ0) is 26.2. The Morgan fingerprint density at radius 2 is 1.69 bits per heavy atom. The van der Waals surface area contributed by atoms with E-state index in [0.717, 1.165) is 31.6 Å². The van der Waals surface area contributed by atoms with Crippen molar-refractivity contribution >= 4 is 29.1 Å². The summed E-state index contributed by atoms with van der Waals surface area (Å²) in [6.07, 6.45) is 6.86. The van der Waals surface area contributed by atoms with E-state index in [1.54, 1.807) is 11.9 Å². The third-order valence-corrected chi connectivity index (χ3v) is 7.72. The van der Waals surface area contributed by atoms with E-state index in [9.17, 15) is 14.4 Å².